The molecule has 0 saturated heterocycles. The molecule has 7 nitrogen and oxygen atoms in total. The molecule has 0 saturated carbocycles. The Balaban J connectivity index is 2.02. The standard InChI is InChI=1S/C19H19ClN4O3S/c1-18(2)8-12-13(9-21)17(28-15(12)19(3,4)23-18)22-16(25)11-7-10(24(26)27)5-6-14(11)20/h5-7,23H,8H2,1-4H3,(H,22,25)/p+1. The van der Waals surface area contributed by atoms with Crippen molar-refractivity contribution in [2.75, 3.05) is 5.32 Å². The average Bonchev–Trinajstić information content (AvgIpc) is 2.90. The van der Waals surface area contributed by atoms with Crippen molar-refractivity contribution in [2.24, 2.45) is 0 Å². The summed E-state index contributed by atoms with van der Waals surface area (Å²) >= 11 is 7.44. The zero-order chi connectivity index (χ0) is 20.9. The van der Waals surface area contributed by atoms with E-state index in [1.54, 1.807) is 0 Å². The first-order chi connectivity index (χ1) is 12.9. The van der Waals surface area contributed by atoms with Crippen LogP contribution in [0, 0.1) is 21.4 Å². The predicted molar refractivity (Wildman–Crippen MR) is 108 cm³/mol. The Morgan fingerprint density at radius 2 is 2.07 bits per heavy atom. The molecule has 1 aliphatic heterocycles. The molecule has 2 heterocycles. The largest absolute Gasteiger partial charge is 0.333 e. The molecular weight excluding hydrogens is 400 g/mol. The number of hydrogen-bond acceptors (Lipinski definition) is 5. The van der Waals surface area contributed by atoms with Gasteiger partial charge in [-0.3, -0.25) is 14.9 Å². The fourth-order valence-corrected chi connectivity index (χ4v) is 5.32. The van der Waals surface area contributed by atoms with Gasteiger partial charge < -0.3 is 10.6 Å². The number of nitriles is 1. The van der Waals surface area contributed by atoms with Crippen molar-refractivity contribution in [2.45, 2.75) is 45.2 Å². The molecule has 0 aliphatic carbocycles. The SMILES string of the molecule is CC1(C)Cc2c(sc(NC(=O)c3cc([N+](=O)[O-])ccc3Cl)c2C#N)C(C)(C)[NH2+]1. The number of carbonyl (C=O) groups excluding carboxylic acids is 1. The maximum absolute atomic E-state index is 12.8. The highest BCUT2D eigenvalue weighted by molar-refractivity contribution is 7.17. The number of rotatable bonds is 3. The summed E-state index contributed by atoms with van der Waals surface area (Å²) < 4.78 is 0. The van der Waals surface area contributed by atoms with Crippen LogP contribution in [0.15, 0.2) is 18.2 Å². The number of quaternary nitrogens is 1. The molecule has 1 amide bonds. The van der Waals surface area contributed by atoms with Gasteiger partial charge in [0, 0.05) is 18.6 Å². The molecule has 0 radical (unpaired) electrons. The van der Waals surface area contributed by atoms with E-state index in [0.29, 0.717) is 17.0 Å². The van der Waals surface area contributed by atoms with Crippen molar-refractivity contribution in [3.05, 3.63) is 54.9 Å². The van der Waals surface area contributed by atoms with Crippen LogP contribution in [-0.4, -0.2) is 16.4 Å². The van der Waals surface area contributed by atoms with E-state index in [2.05, 4.69) is 44.4 Å². The summed E-state index contributed by atoms with van der Waals surface area (Å²) in [6.45, 7) is 8.43. The molecule has 0 fully saturated rings. The number of benzene rings is 1. The number of nitrogens with two attached hydrogens (primary N) is 1. The molecule has 0 bridgehead atoms. The van der Waals surface area contributed by atoms with Crippen LogP contribution in [-0.2, 0) is 12.0 Å². The lowest BCUT2D eigenvalue weighted by Gasteiger charge is -2.38. The Morgan fingerprint density at radius 1 is 1.39 bits per heavy atom. The summed E-state index contributed by atoms with van der Waals surface area (Å²) in [5, 5.41) is 26.3. The molecule has 1 aliphatic rings. The van der Waals surface area contributed by atoms with E-state index in [1.165, 1.54) is 23.5 Å². The van der Waals surface area contributed by atoms with Crippen molar-refractivity contribution in [1.29, 1.82) is 5.26 Å². The van der Waals surface area contributed by atoms with Crippen LogP contribution in [0.3, 0.4) is 0 Å². The third-order valence-corrected chi connectivity index (χ3v) is 6.54. The van der Waals surface area contributed by atoms with E-state index >= 15 is 0 Å². The zero-order valence-corrected chi connectivity index (χ0v) is 17.5. The number of anilines is 1. The average molecular weight is 420 g/mol. The minimum atomic E-state index is -0.585. The number of thiophene rings is 1. The molecule has 2 aromatic rings. The third kappa shape index (κ3) is 3.61. The van der Waals surface area contributed by atoms with Crippen molar-refractivity contribution in [3.63, 3.8) is 0 Å². The van der Waals surface area contributed by atoms with Crippen LogP contribution in [0.25, 0.3) is 0 Å². The van der Waals surface area contributed by atoms with Crippen LogP contribution < -0.4 is 10.6 Å². The zero-order valence-electron chi connectivity index (χ0n) is 15.9. The second kappa shape index (κ2) is 6.85. The van der Waals surface area contributed by atoms with Gasteiger partial charge in [-0.15, -0.1) is 11.3 Å². The predicted octanol–water partition coefficient (Wildman–Crippen LogP) is 3.57. The van der Waals surface area contributed by atoms with Crippen molar-refractivity contribution in [1.82, 2.24) is 0 Å². The summed E-state index contributed by atoms with van der Waals surface area (Å²) in [4.78, 5) is 24.2. The molecule has 3 rings (SSSR count). The highest BCUT2D eigenvalue weighted by Gasteiger charge is 2.44. The van der Waals surface area contributed by atoms with Crippen molar-refractivity contribution >= 4 is 39.5 Å². The third-order valence-electron chi connectivity index (χ3n) is 4.72. The van der Waals surface area contributed by atoms with Crippen LogP contribution in [0.1, 0.15) is 54.1 Å². The van der Waals surface area contributed by atoms with Gasteiger partial charge in [-0.05, 0) is 39.3 Å². The van der Waals surface area contributed by atoms with Crippen LogP contribution in [0.2, 0.25) is 5.02 Å². The molecule has 1 aromatic carbocycles. The van der Waals surface area contributed by atoms with E-state index in [1.807, 2.05) is 0 Å². The topological polar surface area (TPSA) is 113 Å². The van der Waals surface area contributed by atoms with Gasteiger partial charge in [0.1, 0.15) is 16.6 Å². The van der Waals surface area contributed by atoms with Crippen LogP contribution in [0.5, 0.6) is 0 Å². The first kappa shape index (κ1) is 20.3. The lowest BCUT2D eigenvalue weighted by Crippen LogP contribution is -3.03. The fraction of sp³-hybridized carbons (Fsp3) is 0.368. The summed E-state index contributed by atoms with van der Waals surface area (Å²) in [5.74, 6) is -0.579. The summed E-state index contributed by atoms with van der Waals surface area (Å²) in [6, 6.07) is 5.92. The first-order valence-corrected chi connectivity index (χ1v) is 9.83. The number of nitrogens with one attached hydrogen (secondary N) is 1. The molecule has 9 heteroatoms. The lowest BCUT2D eigenvalue weighted by atomic mass is 9.81. The number of carbonyl (C=O) groups is 1. The van der Waals surface area contributed by atoms with Gasteiger partial charge in [0.25, 0.3) is 11.6 Å². The van der Waals surface area contributed by atoms with Gasteiger partial charge in [0.2, 0.25) is 0 Å². The van der Waals surface area contributed by atoms with E-state index < -0.39 is 10.8 Å². The molecule has 146 valence electrons. The minimum absolute atomic E-state index is 0.00252. The Kier molecular flexibility index (Phi) is 4.96. The van der Waals surface area contributed by atoms with Crippen LogP contribution in [0.4, 0.5) is 10.7 Å². The van der Waals surface area contributed by atoms with Gasteiger partial charge >= 0.3 is 0 Å². The maximum atomic E-state index is 12.8. The van der Waals surface area contributed by atoms with Gasteiger partial charge in [0.05, 0.1) is 31.5 Å². The smallest absolute Gasteiger partial charge is 0.270 e. The maximum Gasteiger partial charge on any atom is 0.270 e. The number of nitro groups is 1. The van der Waals surface area contributed by atoms with E-state index in [9.17, 15) is 20.2 Å². The lowest BCUT2D eigenvalue weighted by molar-refractivity contribution is -0.789. The number of halogens is 1. The number of non-ortho nitro benzene ring substituents is 1. The molecule has 28 heavy (non-hydrogen) atoms. The monoisotopic (exact) mass is 419 g/mol. The highest BCUT2D eigenvalue weighted by atomic mass is 35.5. The quantitative estimate of drug-likeness (QED) is 0.584. The number of nitrogens with zero attached hydrogens (tertiary/aromatic N) is 2. The van der Waals surface area contributed by atoms with Crippen molar-refractivity contribution < 1.29 is 15.0 Å². The summed E-state index contributed by atoms with van der Waals surface area (Å²) in [7, 11) is 0. The molecule has 1 aromatic heterocycles. The molecule has 0 atom stereocenters. The second-order valence-electron chi connectivity index (χ2n) is 8.13. The van der Waals surface area contributed by atoms with Crippen molar-refractivity contribution in [3.8, 4) is 6.07 Å². The van der Waals surface area contributed by atoms with Gasteiger partial charge in [-0.1, -0.05) is 11.6 Å². The van der Waals surface area contributed by atoms with Gasteiger partial charge in [0.15, 0.2) is 0 Å². The Bertz CT molecular complexity index is 1040. The summed E-state index contributed by atoms with van der Waals surface area (Å²) in [5.41, 5.74) is 0.859. The highest BCUT2D eigenvalue weighted by Crippen LogP contribution is 2.42. The summed E-state index contributed by atoms with van der Waals surface area (Å²) in [6.07, 6.45) is 0.707. The van der Waals surface area contributed by atoms with Crippen LogP contribution >= 0.6 is 22.9 Å². The second-order valence-corrected chi connectivity index (χ2v) is 9.56. The number of fused-ring (bicyclic) bond motifs is 1. The molecule has 3 N–H and O–H groups in total. The number of hydrogen-bond donors (Lipinski definition) is 2. The first-order valence-electron chi connectivity index (χ1n) is 8.64. The van der Waals surface area contributed by atoms with E-state index in [-0.39, 0.29) is 27.4 Å². The van der Waals surface area contributed by atoms with Gasteiger partial charge in [-0.2, -0.15) is 5.26 Å². The minimum Gasteiger partial charge on any atom is -0.333 e. The number of amides is 1. The van der Waals surface area contributed by atoms with E-state index in [4.69, 9.17) is 11.6 Å². The molecule has 0 spiro atoms. The molecular formula is C19H20ClN4O3S+. The molecule has 0 unspecified atom stereocenters. The van der Waals surface area contributed by atoms with E-state index in [0.717, 1.165) is 16.5 Å². The Labute approximate surface area is 171 Å². The normalized spacial score (nSPS) is 16.7. The fourth-order valence-electron chi connectivity index (χ4n) is 3.88. The Hall–Kier alpha value is -2.47. The van der Waals surface area contributed by atoms with Gasteiger partial charge in [-0.25, -0.2) is 0 Å². The Morgan fingerprint density at radius 3 is 2.68 bits per heavy atom. The number of nitro benzene ring substituents is 1.